The summed E-state index contributed by atoms with van der Waals surface area (Å²) in [6, 6.07) is 1.94. The molecule has 1 fully saturated rings. The number of aliphatic hydroxyl groups is 1. The molecule has 1 aliphatic heterocycles. The van der Waals surface area contributed by atoms with Gasteiger partial charge in [-0.1, -0.05) is 0 Å². The van der Waals surface area contributed by atoms with Crippen molar-refractivity contribution in [3.8, 4) is 0 Å². The van der Waals surface area contributed by atoms with E-state index in [-0.39, 0.29) is 12.5 Å². The van der Waals surface area contributed by atoms with Gasteiger partial charge in [-0.15, -0.1) is 11.3 Å². The van der Waals surface area contributed by atoms with Crippen molar-refractivity contribution in [3.63, 3.8) is 0 Å². The minimum absolute atomic E-state index is 0.145. The second kappa shape index (κ2) is 6.85. The molecule has 1 N–H and O–H groups in total. The van der Waals surface area contributed by atoms with Crippen molar-refractivity contribution in [2.45, 2.75) is 19.4 Å². The average molecular weight is 383 g/mol. The second-order valence-corrected chi connectivity index (χ2v) is 9.37. The fourth-order valence-electron chi connectivity index (χ4n) is 2.29. The number of piperidine rings is 1. The highest BCUT2D eigenvalue weighted by molar-refractivity contribution is 9.11. The molecule has 0 radical (unpaired) electrons. The van der Waals surface area contributed by atoms with Gasteiger partial charge < -0.3 is 5.11 Å². The third kappa shape index (κ3) is 3.80. The fraction of sp³-hybridized carbons (Fsp3) is 0.667. The van der Waals surface area contributed by atoms with Crippen LogP contribution in [0.4, 0.5) is 0 Å². The SMILES string of the molecule is CN(Cc1csc(Br)c1)S(=O)(=O)N1CCC(CO)CC1. The quantitative estimate of drug-likeness (QED) is 0.845. The largest absolute Gasteiger partial charge is 0.396 e. The van der Waals surface area contributed by atoms with E-state index in [9.17, 15) is 8.42 Å². The second-order valence-electron chi connectivity index (χ2n) is 5.05. The van der Waals surface area contributed by atoms with E-state index in [0.29, 0.717) is 19.6 Å². The van der Waals surface area contributed by atoms with Crippen LogP contribution in [0.25, 0.3) is 0 Å². The molecule has 8 heteroatoms. The molecular weight excluding hydrogens is 364 g/mol. The Kier molecular flexibility index (Phi) is 5.61. The van der Waals surface area contributed by atoms with E-state index in [4.69, 9.17) is 5.11 Å². The highest BCUT2D eigenvalue weighted by Crippen LogP contribution is 2.24. The molecule has 1 saturated heterocycles. The highest BCUT2D eigenvalue weighted by Gasteiger charge is 2.30. The lowest BCUT2D eigenvalue weighted by molar-refractivity contribution is 0.166. The van der Waals surface area contributed by atoms with Crippen molar-refractivity contribution in [3.05, 3.63) is 20.8 Å². The standard InChI is InChI=1S/C12H19BrN2O3S2/c1-14(7-11-6-12(13)19-9-11)20(17,18)15-4-2-10(8-16)3-5-15/h6,9-10,16H,2-5,7-8H2,1H3. The molecule has 0 atom stereocenters. The topological polar surface area (TPSA) is 60.9 Å². The Hall–Kier alpha value is 0.01000. The van der Waals surface area contributed by atoms with Gasteiger partial charge in [0.05, 0.1) is 3.79 Å². The van der Waals surface area contributed by atoms with Crippen LogP contribution in [-0.4, -0.2) is 48.9 Å². The van der Waals surface area contributed by atoms with Gasteiger partial charge in [-0.05, 0) is 51.7 Å². The summed E-state index contributed by atoms with van der Waals surface area (Å²) in [5, 5.41) is 11.1. The molecule has 20 heavy (non-hydrogen) atoms. The van der Waals surface area contributed by atoms with Gasteiger partial charge in [0.15, 0.2) is 0 Å². The van der Waals surface area contributed by atoms with Crippen LogP contribution in [0.3, 0.4) is 0 Å². The van der Waals surface area contributed by atoms with Crippen molar-refractivity contribution >= 4 is 37.5 Å². The summed E-state index contributed by atoms with van der Waals surface area (Å²) >= 11 is 4.93. The molecule has 0 aliphatic carbocycles. The maximum Gasteiger partial charge on any atom is 0.282 e. The lowest BCUT2D eigenvalue weighted by Gasteiger charge is -2.33. The Morgan fingerprint density at radius 1 is 1.50 bits per heavy atom. The molecule has 0 amide bonds. The third-order valence-corrected chi connectivity index (χ3v) is 7.07. The van der Waals surface area contributed by atoms with Crippen molar-refractivity contribution in [2.75, 3.05) is 26.7 Å². The van der Waals surface area contributed by atoms with Crippen LogP contribution >= 0.6 is 27.3 Å². The number of hydrogen-bond acceptors (Lipinski definition) is 4. The van der Waals surface area contributed by atoms with Gasteiger partial charge in [0.1, 0.15) is 0 Å². The zero-order valence-electron chi connectivity index (χ0n) is 11.3. The summed E-state index contributed by atoms with van der Waals surface area (Å²) in [5.74, 6) is 0.236. The Balaban J connectivity index is 1.99. The van der Waals surface area contributed by atoms with Crippen LogP contribution in [-0.2, 0) is 16.8 Å². The molecule has 1 aliphatic rings. The first kappa shape index (κ1) is 16.4. The Morgan fingerprint density at radius 2 is 2.15 bits per heavy atom. The summed E-state index contributed by atoms with van der Waals surface area (Å²) in [6.45, 7) is 1.51. The summed E-state index contributed by atoms with van der Waals surface area (Å²) in [4.78, 5) is 0. The van der Waals surface area contributed by atoms with E-state index >= 15 is 0 Å². The van der Waals surface area contributed by atoms with E-state index in [1.807, 2.05) is 11.4 Å². The molecule has 1 aromatic rings. The summed E-state index contributed by atoms with van der Waals surface area (Å²) in [7, 11) is -1.80. The zero-order chi connectivity index (χ0) is 14.8. The smallest absolute Gasteiger partial charge is 0.282 e. The lowest BCUT2D eigenvalue weighted by atomic mass is 10.00. The molecule has 0 aromatic carbocycles. The van der Waals surface area contributed by atoms with E-state index in [2.05, 4.69) is 15.9 Å². The number of rotatable bonds is 5. The maximum atomic E-state index is 12.5. The number of thiophene rings is 1. The van der Waals surface area contributed by atoms with E-state index in [1.54, 1.807) is 18.4 Å². The molecule has 2 heterocycles. The number of hydrogen-bond donors (Lipinski definition) is 1. The first-order valence-electron chi connectivity index (χ1n) is 6.48. The van der Waals surface area contributed by atoms with Crippen LogP contribution < -0.4 is 0 Å². The Bertz CT molecular complexity index is 539. The molecular formula is C12H19BrN2O3S2. The maximum absolute atomic E-state index is 12.5. The molecule has 1 aromatic heterocycles. The van der Waals surface area contributed by atoms with Crippen LogP contribution in [0.5, 0.6) is 0 Å². The number of aliphatic hydroxyl groups excluding tert-OH is 1. The van der Waals surface area contributed by atoms with Gasteiger partial charge in [-0.25, -0.2) is 0 Å². The van der Waals surface area contributed by atoms with Gasteiger partial charge in [-0.2, -0.15) is 17.0 Å². The first-order chi connectivity index (χ1) is 9.43. The molecule has 0 saturated carbocycles. The Morgan fingerprint density at radius 3 is 2.65 bits per heavy atom. The molecule has 0 spiro atoms. The molecule has 114 valence electrons. The first-order valence-corrected chi connectivity index (χ1v) is 9.55. The minimum atomic E-state index is -3.41. The third-order valence-electron chi connectivity index (χ3n) is 3.58. The predicted molar refractivity (Wildman–Crippen MR) is 83.8 cm³/mol. The van der Waals surface area contributed by atoms with E-state index < -0.39 is 10.2 Å². The molecule has 0 bridgehead atoms. The average Bonchev–Trinajstić information content (AvgIpc) is 2.84. The predicted octanol–water partition coefficient (Wildman–Crippen LogP) is 1.89. The van der Waals surface area contributed by atoms with Crippen molar-refractivity contribution in [1.82, 2.24) is 8.61 Å². The van der Waals surface area contributed by atoms with Crippen LogP contribution in [0.15, 0.2) is 15.2 Å². The summed E-state index contributed by atoms with van der Waals surface area (Å²) in [6.07, 6.45) is 1.46. The summed E-state index contributed by atoms with van der Waals surface area (Å²) in [5.41, 5.74) is 0.984. The van der Waals surface area contributed by atoms with Gasteiger partial charge >= 0.3 is 0 Å². The van der Waals surface area contributed by atoms with Crippen LogP contribution in [0.2, 0.25) is 0 Å². The van der Waals surface area contributed by atoms with E-state index in [0.717, 1.165) is 22.2 Å². The van der Waals surface area contributed by atoms with Crippen LogP contribution in [0.1, 0.15) is 18.4 Å². The molecule has 5 nitrogen and oxygen atoms in total. The van der Waals surface area contributed by atoms with Gasteiger partial charge in [-0.3, -0.25) is 0 Å². The minimum Gasteiger partial charge on any atom is -0.396 e. The van der Waals surface area contributed by atoms with Gasteiger partial charge in [0, 0.05) is 33.3 Å². The number of halogens is 1. The Labute approximate surface area is 132 Å². The van der Waals surface area contributed by atoms with E-state index in [1.165, 1.54) is 8.61 Å². The highest BCUT2D eigenvalue weighted by atomic mass is 79.9. The lowest BCUT2D eigenvalue weighted by Crippen LogP contribution is -2.45. The summed E-state index contributed by atoms with van der Waals surface area (Å²) < 4.78 is 28.9. The normalized spacial score (nSPS) is 18.8. The number of nitrogens with zero attached hydrogens (tertiary/aromatic N) is 2. The molecule has 0 unspecified atom stereocenters. The molecule has 2 rings (SSSR count). The zero-order valence-corrected chi connectivity index (χ0v) is 14.5. The van der Waals surface area contributed by atoms with Crippen molar-refractivity contribution in [1.29, 1.82) is 0 Å². The van der Waals surface area contributed by atoms with Crippen LogP contribution in [0, 0.1) is 5.92 Å². The van der Waals surface area contributed by atoms with Gasteiger partial charge in [0.2, 0.25) is 0 Å². The van der Waals surface area contributed by atoms with Crippen molar-refractivity contribution < 1.29 is 13.5 Å². The van der Waals surface area contributed by atoms with Gasteiger partial charge in [0.25, 0.3) is 10.2 Å². The fourth-order valence-corrected chi connectivity index (χ4v) is 4.87. The monoisotopic (exact) mass is 382 g/mol. The van der Waals surface area contributed by atoms with Crippen molar-refractivity contribution in [2.24, 2.45) is 5.92 Å².